The summed E-state index contributed by atoms with van der Waals surface area (Å²) in [5, 5.41) is 12.2. The molecule has 2 aliphatic heterocycles. The summed E-state index contributed by atoms with van der Waals surface area (Å²) in [7, 11) is 0. The zero-order valence-corrected chi connectivity index (χ0v) is 20.0. The van der Waals surface area contributed by atoms with Crippen LogP contribution in [0.5, 0.6) is 11.5 Å². The van der Waals surface area contributed by atoms with Gasteiger partial charge in [-0.2, -0.15) is 14.9 Å². The van der Waals surface area contributed by atoms with Crippen molar-refractivity contribution in [2.24, 2.45) is 5.73 Å². The van der Waals surface area contributed by atoms with Gasteiger partial charge in [-0.25, -0.2) is 14.5 Å². The fourth-order valence-electron chi connectivity index (χ4n) is 5.27. The van der Waals surface area contributed by atoms with E-state index in [0.29, 0.717) is 35.9 Å². The van der Waals surface area contributed by atoms with E-state index < -0.39 is 5.91 Å². The molecule has 4 aromatic rings. The van der Waals surface area contributed by atoms with Gasteiger partial charge < -0.3 is 20.7 Å². The fraction of sp³-hybridized carbons (Fsp3) is 0.269. The molecule has 1 saturated heterocycles. The minimum Gasteiger partial charge on any atom is -0.457 e. The lowest BCUT2D eigenvalue weighted by molar-refractivity contribution is 0.100. The number of primary amides is 1. The maximum absolute atomic E-state index is 13.1. The smallest absolute Gasteiger partial charge is 0.346 e. The molecule has 6 rings (SSSR count). The minimum atomic E-state index is -0.559. The molecule has 4 heterocycles. The number of fused-ring (bicyclic) bond motifs is 1. The maximum Gasteiger partial charge on any atom is 0.346 e. The lowest BCUT2D eigenvalue weighted by Crippen LogP contribution is -2.45. The van der Waals surface area contributed by atoms with Crippen LogP contribution in [0.2, 0.25) is 0 Å². The molecule has 1 unspecified atom stereocenters. The number of ether oxygens (including phenoxy) is 1. The summed E-state index contributed by atoms with van der Waals surface area (Å²) in [6, 6.07) is 16.5. The number of carbonyl (C=O) groups excluding carboxylic acids is 2. The van der Waals surface area contributed by atoms with Crippen LogP contribution in [-0.2, 0) is 0 Å². The average molecular weight is 499 g/mol. The number of nitrogens with two attached hydrogens (primary N) is 1. The number of nitrogens with zero attached hydrogens (tertiary/aromatic N) is 6. The first-order valence-electron chi connectivity index (χ1n) is 12.3. The third-order valence-electron chi connectivity index (χ3n) is 6.91. The van der Waals surface area contributed by atoms with Gasteiger partial charge in [0.2, 0.25) is 0 Å². The first kappa shape index (κ1) is 22.8. The molecule has 2 aromatic carbocycles. The molecule has 2 aliphatic rings. The van der Waals surface area contributed by atoms with Gasteiger partial charge in [0.25, 0.3) is 5.91 Å². The Morgan fingerprint density at radius 3 is 2.51 bits per heavy atom. The van der Waals surface area contributed by atoms with Crippen LogP contribution in [0.25, 0.3) is 11.3 Å². The maximum atomic E-state index is 13.1. The average Bonchev–Trinajstić information content (AvgIpc) is 3.69. The summed E-state index contributed by atoms with van der Waals surface area (Å²) in [6.45, 7) is 1.27. The molecule has 2 aromatic heterocycles. The Bertz CT molecular complexity index is 1420. The number of para-hydroxylation sites is 1. The van der Waals surface area contributed by atoms with Crippen molar-refractivity contribution in [2.45, 2.75) is 31.3 Å². The molecule has 0 bridgehead atoms. The van der Waals surface area contributed by atoms with E-state index in [-0.39, 0.29) is 18.1 Å². The van der Waals surface area contributed by atoms with Crippen LogP contribution in [0.1, 0.15) is 35.7 Å². The predicted molar refractivity (Wildman–Crippen MR) is 135 cm³/mol. The SMILES string of the molecule is NC(=O)c1c(-c2ccc(Oc3ccccc3)cc2)nn2c1NCCC2[C@H]1CCCN1C(=O)n1cncn1. The second-order valence-electron chi connectivity index (χ2n) is 9.13. The molecule has 37 heavy (non-hydrogen) atoms. The van der Waals surface area contributed by atoms with Gasteiger partial charge >= 0.3 is 6.03 Å². The van der Waals surface area contributed by atoms with E-state index in [1.54, 1.807) is 0 Å². The van der Waals surface area contributed by atoms with Gasteiger partial charge in [0, 0.05) is 18.7 Å². The van der Waals surface area contributed by atoms with Crippen LogP contribution in [0, 0.1) is 0 Å². The molecule has 188 valence electrons. The fourth-order valence-corrected chi connectivity index (χ4v) is 5.27. The summed E-state index contributed by atoms with van der Waals surface area (Å²) in [6.07, 6.45) is 5.22. The van der Waals surface area contributed by atoms with E-state index in [9.17, 15) is 9.59 Å². The van der Waals surface area contributed by atoms with Gasteiger partial charge in [-0.1, -0.05) is 18.2 Å². The van der Waals surface area contributed by atoms with Crippen LogP contribution in [0.3, 0.4) is 0 Å². The normalized spacial score (nSPS) is 18.8. The highest BCUT2D eigenvalue weighted by atomic mass is 16.5. The zero-order chi connectivity index (χ0) is 25.4. The third kappa shape index (κ3) is 4.18. The molecule has 0 radical (unpaired) electrons. The summed E-state index contributed by atoms with van der Waals surface area (Å²) in [5.41, 5.74) is 7.44. The van der Waals surface area contributed by atoms with E-state index in [1.807, 2.05) is 64.2 Å². The molecule has 11 nitrogen and oxygen atoms in total. The minimum absolute atomic E-state index is 0.0901. The molecule has 0 saturated carbocycles. The van der Waals surface area contributed by atoms with Crippen LogP contribution < -0.4 is 15.8 Å². The van der Waals surface area contributed by atoms with Crippen molar-refractivity contribution in [3.63, 3.8) is 0 Å². The molecule has 2 amide bonds. The number of likely N-dealkylation sites (tertiary alicyclic amines) is 1. The van der Waals surface area contributed by atoms with Crippen molar-refractivity contribution < 1.29 is 14.3 Å². The van der Waals surface area contributed by atoms with Crippen LogP contribution in [0.15, 0.2) is 67.3 Å². The lowest BCUT2D eigenvalue weighted by atomic mass is 10.0. The Morgan fingerprint density at radius 2 is 1.78 bits per heavy atom. The van der Waals surface area contributed by atoms with Gasteiger partial charge in [-0.15, -0.1) is 0 Å². The largest absolute Gasteiger partial charge is 0.457 e. The molecule has 2 atom stereocenters. The van der Waals surface area contributed by atoms with E-state index in [4.69, 9.17) is 15.6 Å². The predicted octanol–water partition coefficient (Wildman–Crippen LogP) is 3.52. The highest BCUT2D eigenvalue weighted by Gasteiger charge is 2.40. The van der Waals surface area contributed by atoms with E-state index in [2.05, 4.69) is 15.4 Å². The number of aromatic nitrogens is 5. The monoisotopic (exact) mass is 498 g/mol. The number of rotatable bonds is 5. The van der Waals surface area contributed by atoms with Gasteiger partial charge in [0.05, 0.1) is 12.1 Å². The van der Waals surface area contributed by atoms with Crippen LogP contribution in [0.4, 0.5) is 10.6 Å². The summed E-state index contributed by atoms with van der Waals surface area (Å²) in [5.74, 6) is 1.43. The Kier molecular flexibility index (Phi) is 5.79. The Labute approximate surface area is 212 Å². The van der Waals surface area contributed by atoms with Crippen LogP contribution >= 0.6 is 0 Å². The second-order valence-corrected chi connectivity index (χ2v) is 9.13. The third-order valence-corrected chi connectivity index (χ3v) is 6.91. The number of nitrogens with one attached hydrogen (secondary N) is 1. The summed E-state index contributed by atoms with van der Waals surface area (Å²) < 4.78 is 8.99. The van der Waals surface area contributed by atoms with E-state index in [0.717, 1.165) is 30.6 Å². The Balaban J connectivity index is 1.33. The van der Waals surface area contributed by atoms with Crippen molar-refractivity contribution in [2.75, 3.05) is 18.4 Å². The van der Waals surface area contributed by atoms with Crippen molar-refractivity contribution in [1.29, 1.82) is 0 Å². The van der Waals surface area contributed by atoms with Crippen molar-refractivity contribution >= 4 is 17.8 Å². The quantitative estimate of drug-likeness (QED) is 0.430. The molecule has 0 spiro atoms. The number of carbonyl (C=O) groups is 2. The van der Waals surface area contributed by atoms with Gasteiger partial charge in [-0.05, 0) is 55.7 Å². The van der Waals surface area contributed by atoms with Gasteiger partial charge in [0.15, 0.2) is 0 Å². The van der Waals surface area contributed by atoms with E-state index >= 15 is 0 Å². The van der Waals surface area contributed by atoms with Gasteiger partial charge in [0.1, 0.15) is 41.2 Å². The molecule has 0 aliphatic carbocycles. The van der Waals surface area contributed by atoms with Crippen molar-refractivity contribution in [3.8, 4) is 22.8 Å². The topological polar surface area (TPSA) is 133 Å². The Hall–Kier alpha value is -4.67. The zero-order valence-electron chi connectivity index (χ0n) is 20.0. The van der Waals surface area contributed by atoms with E-state index in [1.165, 1.54) is 17.3 Å². The molecule has 11 heteroatoms. The Morgan fingerprint density at radius 1 is 1.00 bits per heavy atom. The number of anilines is 1. The van der Waals surface area contributed by atoms with Crippen molar-refractivity contribution in [3.05, 3.63) is 72.8 Å². The highest BCUT2D eigenvalue weighted by Crippen LogP contribution is 2.39. The molecular weight excluding hydrogens is 472 g/mol. The van der Waals surface area contributed by atoms with Crippen LogP contribution in [-0.4, -0.2) is 60.5 Å². The first-order chi connectivity index (χ1) is 18.1. The summed E-state index contributed by atoms with van der Waals surface area (Å²) in [4.78, 5) is 31.4. The summed E-state index contributed by atoms with van der Waals surface area (Å²) >= 11 is 0. The second kappa shape index (κ2) is 9.41. The molecular formula is C26H26N8O3. The standard InChI is InChI=1S/C26H26N8O3/c27-24(35)22-23(17-8-10-19(11-9-17)37-18-5-2-1-3-6-18)31-34-21(12-13-29-25(22)34)20-7-4-14-32(20)26(36)33-16-28-15-30-33/h1-3,5-6,8-11,15-16,20-21,29H,4,7,12-14H2,(H2,27,35)/t20-,21?/m1/s1. The first-order valence-corrected chi connectivity index (χ1v) is 12.3. The van der Waals surface area contributed by atoms with Crippen molar-refractivity contribution in [1.82, 2.24) is 29.4 Å². The molecule has 1 fully saturated rings. The number of benzene rings is 2. The number of amides is 2. The highest BCUT2D eigenvalue weighted by molar-refractivity contribution is 6.03. The lowest BCUT2D eigenvalue weighted by Gasteiger charge is -2.35. The van der Waals surface area contributed by atoms with Gasteiger partial charge in [-0.3, -0.25) is 4.79 Å². The molecule has 3 N–H and O–H groups in total. The number of hydrogen-bond acceptors (Lipinski definition) is 7. The number of hydrogen-bond donors (Lipinski definition) is 2.